The van der Waals surface area contributed by atoms with Gasteiger partial charge in [-0.2, -0.15) is 0 Å². The number of H-pyrrole nitrogens is 1. The third kappa shape index (κ3) is 1.67. The molecule has 1 aliphatic rings. The van der Waals surface area contributed by atoms with Crippen LogP contribution in [0.5, 0.6) is 5.75 Å². The number of nitrogens with zero attached hydrogens (tertiary/aromatic N) is 1. The number of imidazole rings is 1. The molecule has 1 saturated carbocycles. The second kappa shape index (κ2) is 3.88. The molecule has 17 heavy (non-hydrogen) atoms. The quantitative estimate of drug-likeness (QED) is 0.840. The molecule has 1 fully saturated rings. The first-order valence-electron chi connectivity index (χ1n) is 5.99. The number of aromatic nitrogens is 2. The summed E-state index contributed by atoms with van der Waals surface area (Å²) in [4.78, 5) is 3.26. The number of benzene rings is 1. The molecule has 2 aromatic rings. The van der Waals surface area contributed by atoms with E-state index in [0.717, 1.165) is 27.5 Å². The molecule has 1 N–H and O–H groups in total. The van der Waals surface area contributed by atoms with E-state index in [-0.39, 0.29) is 0 Å². The fourth-order valence-corrected chi connectivity index (χ4v) is 2.85. The third-order valence-corrected chi connectivity index (χ3v) is 3.94. The van der Waals surface area contributed by atoms with Crippen molar-refractivity contribution in [3.63, 3.8) is 0 Å². The lowest BCUT2D eigenvalue weighted by Crippen LogP contribution is -2.06. The van der Waals surface area contributed by atoms with Crippen molar-refractivity contribution in [3.05, 3.63) is 23.0 Å². The molecule has 0 spiro atoms. The highest BCUT2D eigenvalue weighted by Crippen LogP contribution is 2.41. The minimum Gasteiger partial charge on any atom is -0.494 e. The van der Waals surface area contributed by atoms with Gasteiger partial charge >= 0.3 is 0 Å². The van der Waals surface area contributed by atoms with Gasteiger partial charge in [0.25, 0.3) is 0 Å². The van der Waals surface area contributed by atoms with E-state index in [1.807, 2.05) is 12.1 Å². The van der Waals surface area contributed by atoms with Gasteiger partial charge in [0.05, 0.1) is 12.6 Å². The van der Waals surface area contributed by atoms with Crippen LogP contribution in [0.15, 0.2) is 18.2 Å². The maximum atomic E-state index is 5.44. The number of ether oxygens (including phenoxy) is 1. The maximum absolute atomic E-state index is 5.44. The number of hydrogen-bond acceptors (Lipinski definition) is 2. The summed E-state index contributed by atoms with van der Waals surface area (Å²) in [7, 11) is 1.69. The monoisotopic (exact) mass is 248 g/mol. The first kappa shape index (κ1) is 10.8. The average Bonchev–Trinajstić information content (AvgIpc) is 3.10. The molecular formula is C13H16N2OS. The third-order valence-electron chi connectivity index (χ3n) is 3.65. The molecule has 0 radical (unpaired) electrons. The summed E-state index contributed by atoms with van der Waals surface area (Å²) in [5, 5.41) is 0. The predicted molar refractivity (Wildman–Crippen MR) is 71.1 cm³/mol. The molecule has 0 aliphatic heterocycles. The van der Waals surface area contributed by atoms with E-state index >= 15 is 0 Å². The molecule has 0 saturated heterocycles. The van der Waals surface area contributed by atoms with E-state index in [2.05, 4.69) is 22.5 Å². The van der Waals surface area contributed by atoms with Gasteiger partial charge in [0.15, 0.2) is 4.77 Å². The van der Waals surface area contributed by atoms with Crippen molar-refractivity contribution < 1.29 is 4.74 Å². The van der Waals surface area contributed by atoms with E-state index in [9.17, 15) is 0 Å². The second-order valence-corrected chi connectivity index (χ2v) is 5.12. The van der Waals surface area contributed by atoms with Crippen LogP contribution < -0.4 is 4.74 Å². The van der Waals surface area contributed by atoms with Gasteiger partial charge in [0, 0.05) is 6.04 Å². The number of fused-ring (bicyclic) bond motifs is 1. The summed E-state index contributed by atoms with van der Waals surface area (Å²) in [6.45, 7) is 2.25. The SMILES string of the molecule is COc1cccc2c1[nH]c(=S)n2C(C)C1CC1. The number of nitrogens with one attached hydrogen (secondary N) is 1. The standard InChI is InChI=1S/C13H16N2OS/c1-8(9-6-7-9)15-10-4-3-5-11(16-2)12(10)14-13(15)17/h3-5,8-9H,6-7H2,1-2H3,(H,14,17). The maximum Gasteiger partial charge on any atom is 0.178 e. The fraction of sp³-hybridized carbons (Fsp3) is 0.462. The van der Waals surface area contributed by atoms with Crippen LogP contribution in [-0.2, 0) is 0 Å². The lowest BCUT2D eigenvalue weighted by atomic mass is 10.2. The topological polar surface area (TPSA) is 29.9 Å². The van der Waals surface area contributed by atoms with Gasteiger partial charge in [-0.3, -0.25) is 0 Å². The van der Waals surface area contributed by atoms with E-state index in [0.29, 0.717) is 6.04 Å². The second-order valence-electron chi connectivity index (χ2n) is 4.73. The van der Waals surface area contributed by atoms with Gasteiger partial charge < -0.3 is 14.3 Å². The number of aromatic amines is 1. The number of methoxy groups -OCH3 is 1. The van der Waals surface area contributed by atoms with Crippen molar-refractivity contribution >= 4 is 23.3 Å². The summed E-state index contributed by atoms with van der Waals surface area (Å²) in [6, 6.07) is 6.55. The van der Waals surface area contributed by atoms with Crippen molar-refractivity contribution in [2.45, 2.75) is 25.8 Å². The fourth-order valence-electron chi connectivity index (χ4n) is 2.49. The zero-order valence-electron chi connectivity index (χ0n) is 10.1. The van der Waals surface area contributed by atoms with Crippen LogP contribution in [0.4, 0.5) is 0 Å². The lowest BCUT2D eigenvalue weighted by Gasteiger charge is -2.13. The summed E-state index contributed by atoms with van der Waals surface area (Å²) in [5.74, 6) is 1.64. The summed E-state index contributed by atoms with van der Waals surface area (Å²) in [6.07, 6.45) is 2.64. The predicted octanol–water partition coefficient (Wildman–Crippen LogP) is 3.68. The van der Waals surface area contributed by atoms with Gasteiger partial charge in [-0.15, -0.1) is 0 Å². The Bertz CT molecular complexity index is 609. The van der Waals surface area contributed by atoms with Crippen molar-refractivity contribution in [3.8, 4) is 5.75 Å². The minimum atomic E-state index is 0.475. The van der Waals surface area contributed by atoms with Crippen LogP contribution >= 0.6 is 12.2 Å². The number of rotatable bonds is 3. The smallest absolute Gasteiger partial charge is 0.178 e. The number of para-hydroxylation sites is 1. The zero-order valence-corrected chi connectivity index (χ0v) is 10.9. The van der Waals surface area contributed by atoms with Crippen LogP contribution in [0, 0.1) is 10.7 Å². The van der Waals surface area contributed by atoms with E-state index in [4.69, 9.17) is 17.0 Å². The molecule has 3 rings (SSSR count). The van der Waals surface area contributed by atoms with Gasteiger partial charge in [-0.25, -0.2) is 0 Å². The van der Waals surface area contributed by atoms with Crippen LogP contribution in [0.3, 0.4) is 0 Å². The van der Waals surface area contributed by atoms with Gasteiger partial charge in [-0.1, -0.05) is 6.07 Å². The van der Waals surface area contributed by atoms with Crippen LogP contribution in [0.25, 0.3) is 11.0 Å². The summed E-state index contributed by atoms with van der Waals surface area (Å²) in [5.41, 5.74) is 2.15. The van der Waals surface area contributed by atoms with Gasteiger partial charge in [0.1, 0.15) is 11.3 Å². The van der Waals surface area contributed by atoms with Crippen molar-refractivity contribution in [1.29, 1.82) is 0 Å². The molecular weight excluding hydrogens is 232 g/mol. The molecule has 0 amide bonds. The molecule has 1 unspecified atom stereocenters. The first-order chi connectivity index (χ1) is 8.22. The van der Waals surface area contributed by atoms with Crippen LogP contribution in [0.2, 0.25) is 0 Å². The lowest BCUT2D eigenvalue weighted by molar-refractivity contribution is 0.419. The Kier molecular flexibility index (Phi) is 2.47. The molecule has 90 valence electrons. The molecule has 1 aromatic heterocycles. The normalized spacial score (nSPS) is 17.3. The molecule has 1 aromatic carbocycles. The Balaban J connectivity index is 2.23. The van der Waals surface area contributed by atoms with Crippen LogP contribution in [0.1, 0.15) is 25.8 Å². The van der Waals surface area contributed by atoms with Crippen molar-refractivity contribution in [1.82, 2.24) is 9.55 Å². The Hall–Kier alpha value is -1.29. The molecule has 1 aliphatic carbocycles. The van der Waals surface area contributed by atoms with Crippen molar-refractivity contribution in [2.24, 2.45) is 5.92 Å². The first-order valence-corrected chi connectivity index (χ1v) is 6.40. The Labute approximate surface area is 105 Å². The molecule has 3 nitrogen and oxygen atoms in total. The van der Waals surface area contributed by atoms with E-state index in [1.54, 1.807) is 7.11 Å². The summed E-state index contributed by atoms with van der Waals surface area (Å²) < 4.78 is 8.38. The summed E-state index contributed by atoms with van der Waals surface area (Å²) >= 11 is 5.44. The molecule has 0 bridgehead atoms. The average molecular weight is 248 g/mol. The number of hydrogen-bond donors (Lipinski definition) is 1. The molecule has 1 atom stereocenters. The van der Waals surface area contributed by atoms with Crippen LogP contribution in [-0.4, -0.2) is 16.7 Å². The highest BCUT2D eigenvalue weighted by Gasteiger charge is 2.30. The minimum absolute atomic E-state index is 0.475. The highest BCUT2D eigenvalue weighted by atomic mass is 32.1. The van der Waals surface area contributed by atoms with Crippen molar-refractivity contribution in [2.75, 3.05) is 7.11 Å². The largest absolute Gasteiger partial charge is 0.494 e. The Morgan fingerprint density at radius 1 is 1.47 bits per heavy atom. The van der Waals surface area contributed by atoms with E-state index in [1.165, 1.54) is 12.8 Å². The molecule has 1 heterocycles. The zero-order chi connectivity index (χ0) is 12.0. The molecule has 4 heteroatoms. The Morgan fingerprint density at radius 2 is 2.24 bits per heavy atom. The van der Waals surface area contributed by atoms with Gasteiger partial charge in [0.2, 0.25) is 0 Å². The highest BCUT2D eigenvalue weighted by molar-refractivity contribution is 7.71. The van der Waals surface area contributed by atoms with Gasteiger partial charge in [-0.05, 0) is 50.0 Å². The van der Waals surface area contributed by atoms with E-state index < -0.39 is 0 Å². The Morgan fingerprint density at radius 3 is 2.88 bits per heavy atom.